The lowest BCUT2D eigenvalue weighted by molar-refractivity contribution is -0.132. The summed E-state index contributed by atoms with van der Waals surface area (Å²) in [5, 5.41) is 9.23. The van der Waals surface area contributed by atoms with Gasteiger partial charge in [0.1, 0.15) is 5.75 Å². The molecule has 0 aromatic heterocycles. The highest BCUT2D eigenvalue weighted by Crippen LogP contribution is 2.15. The number of ether oxygens (including phenoxy) is 1. The summed E-state index contributed by atoms with van der Waals surface area (Å²) in [5.74, 6) is 0.435. The van der Waals surface area contributed by atoms with Gasteiger partial charge in [-0.05, 0) is 43.9 Å². The van der Waals surface area contributed by atoms with E-state index in [0.717, 1.165) is 31.6 Å². The fraction of sp³-hybridized carbons (Fsp3) is 0.562. The Morgan fingerprint density at radius 1 is 1.40 bits per heavy atom. The topological polar surface area (TPSA) is 49.8 Å². The van der Waals surface area contributed by atoms with Crippen molar-refractivity contribution in [1.29, 1.82) is 0 Å². The Labute approximate surface area is 120 Å². The molecule has 2 rings (SSSR count). The van der Waals surface area contributed by atoms with Crippen LogP contribution in [0.15, 0.2) is 24.3 Å². The number of carbonyl (C=O) groups is 1. The molecule has 0 spiro atoms. The molecule has 20 heavy (non-hydrogen) atoms. The monoisotopic (exact) mass is 277 g/mol. The molecule has 4 heteroatoms. The van der Waals surface area contributed by atoms with Crippen molar-refractivity contribution >= 4 is 5.91 Å². The smallest absolute Gasteiger partial charge is 0.222 e. The van der Waals surface area contributed by atoms with E-state index < -0.39 is 0 Å². The van der Waals surface area contributed by atoms with Crippen LogP contribution >= 0.6 is 0 Å². The van der Waals surface area contributed by atoms with Gasteiger partial charge in [0.2, 0.25) is 5.91 Å². The first-order valence-corrected chi connectivity index (χ1v) is 7.36. The minimum absolute atomic E-state index is 0.177. The number of rotatable bonds is 6. The van der Waals surface area contributed by atoms with Crippen molar-refractivity contribution in [3.05, 3.63) is 29.8 Å². The van der Waals surface area contributed by atoms with E-state index in [1.54, 1.807) is 12.1 Å². The van der Waals surface area contributed by atoms with Gasteiger partial charge >= 0.3 is 0 Å². The van der Waals surface area contributed by atoms with E-state index in [4.69, 9.17) is 4.74 Å². The lowest BCUT2D eigenvalue weighted by Crippen LogP contribution is -2.37. The summed E-state index contributed by atoms with van der Waals surface area (Å²) in [6.45, 7) is 4.27. The first-order valence-electron chi connectivity index (χ1n) is 7.36. The highest BCUT2D eigenvalue weighted by atomic mass is 16.5. The number of phenols is 1. The third-order valence-corrected chi connectivity index (χ3v) is 3.75. The Bertz CT molecular complexity index is 424. The zero-order valence-corrected chi connectivity index (χ0v) is 12.0. The first-order chi connectivity index (χ1) is 9.69. The van der Waals surface area contributed by atoms with E-state index in [-0.39, 0.29) is 17.8 Å². The maximum atomic E-state index is 12.2. The van der Waals surface area contributed by atoms with E-state index in [1.807, 2.05) is 24.0 Å². The molecule has 4 nitrogen and oxygen atoms in total. The van der Waals surface area contributed by atoms with E-state index >= 15 is 0 Å². The quantitative estimate of drug-likeness (QED) is 0.868. The number of phenolic OH excluding ortho intramolecular Hbond substituents is 1. The lowest BCUT2D eigenvalue weighted by atomic mass is 10.1. The zero-order valence-electron chi connectivity index (χ0n) is 12.0. The Hall–Kier alpha value is -1.55. The summed E-state index contributed by atoms with van der Waals surface area (Å²) in [6.07, 6.45) is 3.59. The molecule has 1 saturated heterocycles. The lowest BCUT2D eigenvalue weighted by Gasteiger charge is -2.24. The van der Waals surface area contributed by atoms with Gasteiger partial charge in [0, 0.05) is 26.1 Å². The minimum atomic E-state index is 0.177. The van der Waals surface area contributed by atoms with Gasteiger partial charge in [-0.2, -0.15) is 0 Å². The van der Waals surface area contributed by atoms with Gasteiger partial charge in [-0.25, -0.2) is 0 Å². The average Bonchev–Trinajstić information content (AvgIpc) is 2.97. The molecule has 1 N–H and O–H groups in total. The molecule has 1 fully saturated rings. The Morgan fingerprint density at radius 2 is 2.15 bits per heavy atom. The van der Waals surface area contributed by atoms with Gasteiger partial charge in [0.15, 0.2) is 0 Å². The van der Waals surface area contributed by atoms with Crippen LogP contribution in [-0.2, 0) is 16.0 Å². The normalized spacial score (nSPS) is 18.1. The minimum Gasteiger partial charge on any atom is -0.508 e. The summed E-state index contributed by atoms with van der Waals surface area (Å²) in [5.41, 5.74) is 1.07. The molecule has 1 atom stereocenters. The largest absolute Gasteiger partial charge is 0.508 e. The summed E-state index contributed by atoms with van der Waals surface area (Å²) in [7, 11) is 0. The van der Waals surface area contributed by atoms with Crippen LogP contribution in [0.25, 0.3) is 0 Å². The van der Waals surface area contributed by atoms with Crippen molar-refractivity contribution < 1.29 is 14.6 Å². The number of nitrogens with zero attached hydrogens (tertiary/aromatic N) is 1. The van der Waals surface area contributed by atoms with Crippen molar-refractivity contribution in [2.45, 2.75) is 38.7 Å². The second kappa shape index (κ2) is 7.29. The van der Waals surface area contributed by atoms with Gasteiger partial charge in [0.05, 0.1) is 6.10 Å². The molecular weight excluding hydrogens is 254 g/mol. The number of hydrogen-bond donors (Lipinski definition) is 1. The molecule has 1 aliphatic heterocycles. The van der Waals surface area contributed by atoms with Crippen LogP contribution in [0.5, 0.6) is 5.75 Å². The van der Waals surface area contributed by atoms with Gasteiger partial charge in [-0.1, -0.05) is 12.1 Å². The van der Waals surface area contributed by atoms with Crippen LogP contribution in [0, 0.1) is 0 Å². The SMILES string of the molecule is CCN(C[C@H]1CCCO1)C(=O)CCc1ccc(O)cc1. The molecule has 0 bridgehead atoms. The van der Waals surface area contributed by atoms with Crippen molar-refractivity contribution in [3.63, 3.8) is 0 Å². The zero-order chi connectivity index (χ0) is 14.4. The van der Waals surface area contributed by atoms with Crippen molar-refractivity contribution in [3.8, 4) is 5.75 Å². The Morgan fingerprint density at radius 3 is 2.75 bits per heavy atom. The number of carbonyl (C=O) groups excluding carboxylic acids is 1. The standard InChI is InChI=1S/C16H23NO3/c1-2-17(12-15-4-3-11-20-15)16(19)10-7-13-5-8-14(18)9-6-13/h5-6,8-9,15,18H,2-4,7,10-12H2,1H3/t15-/m1/s1. The summed E-state index contributed by atoms with van der Waals surface area (Å²) < 4.78 is 5.59. The van der Waals surface area contributed by atoms with Crippen LogP contribution in [0.1, 0.15) is 31.7 Å². The predicted molar refractivity (Wildman–Crippen MR) is 77.7 cm³/mol. The van der Waals surface area contributed by atoms with Crippen LogP contribution < -0.4 is 0 Å². The highest BCUT2D eigenvalue weighted by molar-refractivity contribution is 5.76. The highest BCUT2D eigenvalue weighted by Gasteiger charge is 2.21. The second-order valence-electron chi connectivity index (χ2n) is 5.23. The third kappa shape index (κ3) is 4.23. The summed E-state index contributed by atoms with van der Waals surface area (Å²) in [4.78, 5) is 14.1. The second-order valence-corrected chi connectivity index (χ2v) is 5.23. The van der Waals surface area contributed by atoms with Gasteiger partial charge < -0.3 is 14.7 Å². The van der Waals surface area contributed by atoms with E-state index in [2.05, 4.69) is 0 Å². The average molecular weight is 277 g/mol. The first kappa shape index (κ1) is 14.9. The molecule has 1 amide bonds. The Balaban J connectivity index is 1.80. The predicted octanol–water partition coefficient (Wildman–Crippen LogP) is 2.35. The van der Waals surface area contributed by atoms with E-state index in [9.17, 15) is 9.90 Å². The number of likely N-dealkylation sites (N-methyl/N-ethyl adjacent to an activating group) is 1. The van der Waals surface area contributed by atoms with Gasteiger partial charge in [0.25, 0.3) is 0 Å². The molecular formula is C16H23NO3. The van der Waals surface area contributed by atoms with Gasteiger partial charge in [-0.3, -0.25) is 4.79 Å². The Kier molecular flexibility index (Phi) is 5.41. The summed E-state index contributed by atoms with van der Waals surface area (Å²) >= 11 is 0. The van der Waals surface area contributed by atoms with Crippen molar-refractivity contribution in [2.75, 3.05) is 19.7 Å². The van der Waals surface area contributed by atoms with Gasteiger partial charge in [-0.15, -0.1) is 0 Å². The van der Waals surface area contributed by atoms with Crippen LogP contribution in [0.4, 0.5) is 0 Å². The third-order valence-electron chi connectivity index (χ3n) is 3.75. The number of aromatic hydroxyl groups is 1. The van der Waals surface area contributed by atoms with E-state index in [0.29, 0.717) is 19.4 Å². The maximum absolute atomic E-state index is 12.2. The number of aryl methyl sites for hydroxylation is 1. The molecule has 1 heterocycles. The molecule has 0 aliphatic carbocycles. The summed E-state index contributed by atoms with van der Waals surface area (Å²) in [6, 6.07) is 7.03. The van der Waals surface area contributed by atoms with Crippen molar-refractivity contribution in [1.82, 2.24) is 4.90 Å². The molecule has 110 valence electrons. The molecule has 0 saturated carbocycles. The number of hydrogen-bond acceptors (Lipinski definition) is 3. The molecule has 1 aliphatic rings. The molecule has 1 aromatic carbocycles. The fourth-order valence-electron chi connectivity index (χ4n) is 2.51. The van der Waals surface area contributed by atoms with Crippen LogP contribution in [0.3, 0.4) is 0 Å². The van der Waals surface area contributed by atoms with Crippen LogP contribution in [0.2, 0.25) is 0 Å². The van der Waals surface area contributed by atoms with Crippen molar-refractivity contribution in [2.24, 2.45) is 0 Å². The number of benzene rings is 1. The molecule has 0 radical (unpaired) electrons. The van der Waals surface area contributed by atoms with Crippen LogP contribution in [-0.4, -0.2) is 41.7 Å². The molecule has 0 unspecified atom stereocenters. The fourth-order valence-corrected chi connectivity index (χ4v) is 2.51. The van der Waals surface area contributed by atoms with E-state index in [1.165, 1.54) is 0 Å². The number of amides is 1. The molecule has 1 aromatic rings. The maximum Gasteiger partial charge on any atom is 0.222 e.